The van der Waals surface area contributed by atoms with Gasteiger partial charge in [0.25, 0.3) is 5.91 Å². The third-order valence-corrected chi connectivity index (χ3v) is 3.04. The van der Waals surface area contributed by atoms with Gasteiger partial charge >= 0.3 is 6.18 Å². The number of hydrogen-bond donors (Lipinski definition) is 2. The molecule has 0 aliphatic heterocycles. The molecule has 0 atom stereocenters. The molecule has 0 bridgehead atoms. The minimum atomic E-state index is -4.54. The van der Waals surface area contributed by atoms with Crippen LogP contribution in [-0.2, 0) is 11.0 Å². The molecule has 0 heterocycles. The quantitative estimate of drug-likeness (QED) is 0.508. The van der Waals surface area contributed by atoms with Gasteiger partial charge < -0.3 is 5.73 Å². The SMILES string of the molecule is CON(C(=N)N)C(=O)c1cccc2c(C(F)(F)F)cccc12. The second kappa shape index (κ2) is 5.64. The lowest BCUT2D eigenvalue weighted by atomic mass is 9.99. The Bertz CT molecular complexity index is 744. The lowest BCUT2D eigenvalue weighted by Crippen LogP contribution is -2.40. The first-order chi connectivity index (χ1) is 10.3. The smallest absolute Gasteiger partial charge is 0.368 e. The van der Waals surface area contributed by atoms with Gasteiger partial charge in [0.2, 0.25) is 5.96 Å². The van der Waals surface area contributed by atoms with Gasteiger partial charge in [-0.1, -0.05) is 24.3 Å². The molecule has 3 N–H and O–H groups in total. The highest BCUT2D eigenvalue weighted by atomic mass is 19.4. The minimum Gasteiger partial charge on any atom is -0.368 e. The predicted molar refractivity (Wildman–Crippen MR) is 74.0 cm³/mol. The van der Waals surface area contributed by atoms with E-state index in [1.165, 1.54) is 30.3 Å². The van der Waals surface area contributed by atoms with Crippen LogP contribution < -0.4 is 5.73 Å². The van der Waals surface area contributed by atoms with Crippen molar-refractivity contribution in [3.8, 4) is 0 Å². The summed E-state index contributed by atoms with van der Waals surface area (Å²) in [6.45, 7) is 0. The zero-order chi connectivity index (χ0) is 16.5. The number of carbonyl (C=O) groups excluding carboxylic acids is 1. The Labute approximate surface area is 123 Å². The number of hydroxylamine groups is 2. The van der Waals surface area contributed by atoms with Crippen LogP contribution in [-0.4, -0.2) is 24.0 Å². The first kappa shape index (κ1) is 15.8. The highest BCUT2D eigenvalue weighted by Crippen LogP contribution is 2.35. The summed E-state index contributed by atoms with van der Waals surface area (Å²) in [6, 6.07) is 7.51. The molecule has 0 saturated carbocycles. The molecule has 0 unspecified atom stereocenters. The van der Waals surface area contributed by atoms with E-state index in [2.05, 4.69) is 4.84 Å². The van der Waals surface area contributed by atoms with Crippen LogP contribution in [0, 0.1) is 5.41 Å². The molecule has 0 aliphatic carbocycles. The third-order valence-electron chi connectivity index (χ3n) is 3.04. The molecule has 2 aromatic carbocycles. The number of hydrogen-bond acceptors (Lipinski definition) is 3. The van der Waals surface area contributed by atoms with Gasteiger partial charge in [-0.05, 0) is 22.9 Å². The second-order valence-corrected chi connectivity index (χ2v) is 4.37. The zero-order valence-corrected chi connectivity index (χ0v) is 11.4. The van der Waals surface area contributed by atoms with E-state index in [0.717, 1.165) is 13.2 Å². The minimum absolute atomic E-state index is 0.0411. The average Bonchev–Trinajstić information content (AvgIpc) is 2.45. The van der Waals surface area contributed by atoms with Crippen molar-refractivity contribution >= 4 is 22.6 Å². The van der Waals surface area contributed by atoms with E-state index in [0.29, 0.717) is 5.06 Å². The average molecular weight is 311 g/mol. The molecule has 1 amide bonds. The highest BCUT2D eigenvalue weighted by Gasteiger charge is 2.33. The maximum absolute atomic E-state index is 13.0. The number of nitrogens with one attached hydrogen (secondary N) is 1. The third kappa shape index (κ3) is 2.73. The number of rotatable bonds is 2. The Morgan fingerprint density at radius 2 is 1.77 bits per heavy atom. The first-order valence-electron chi connectivity index (χ1n) is 6.09. The second-order valence-electron chi connectivity index (χ2n) is 4.37. The molecular weight excluding hydrogens is 299 g/mol. The maximum Gasteiger partial charge on any atom is 0.417 e. The summed E-state index contributed by atoms with van der Waals surface area (Å²) < 4.78 is 39.1. The van der Waals surface area contributed by atoms with E-state index in [1.807, 2.05) is 0 Å². The van der Waals surface area contributed by atoms with E-state index in [9.17, 15) is 18.0 Å². The van der Waals surface area contributed by atoms with E-state index >= 15 is 0 Å². The Morgan fingerprint density at radius 1 is 1.18 bits per heavy atom. The summed E-state index contributed by atoms with van der Waals surface area (Å²) in [5.74, 6) is -1.49. The number of halogens is 3. The van der Waals surface area contributed by atoms with E-state index in [4.69, 9.17) is 11.1 Å². The van der Waals surface area contributed by atoms with Crippen molar-refractivity contribution in [2.45, 2.75) is 6.18 Å². The standard InChI is InChI=1S/C14H12F3N3O2/c1-22-20(13(18)19)12(21)10-6-2-5-9-8(10)4-3-7-11(9)14(15,16)17/h2-7H,1H3,(H3,18,19). The predicted octanol–water partition coefficient (Wildman–Crippen LogP) is 2.76. The molecule has 8 heteroatoms. The normalized spacial score (nSPS) is 11.5. The summed E-state index contributed by atoms with van der Waals surface area (Å²) in [7, 11) is 1.13. The van der Waals surface area contributed by atoms with E-state index < -0.39 is 23.6 Å². The lowest BCUT2D eigenvalue weighted by molar-refractivity contribution is -0.136. The fourth-order valence-electron chi connectivity index (χ4n) is 2.14. The maximum atomic E-state index is 13.0. The number of benzene rings is 2. The van der Waals surface area contributed by atoms with Gasteiger partial charge in [-0.3, -0.25) is 15.0 Å². The van der Waals surface area contributed by atoms with Gasteiger partial charge in [-0.15, -0.1) is 0 Å². The molecule has 22 heavy (non-hydrogen) atoms. The van der Waals surface area contributed by atoms with Crippen molar-refractivity contribution in [3.63, 3.8) is 0 Å². The number of amides is 1. The molecule has 2 aromatic rings. The van der Waals surface area contributed by atoms with Crippen LogP contribution in [0.25, 0.3) is 10.8 Å². The molecule has 0 saturated heterocycles. The van der Waals surface area contributed by atoms with Crippen molar-refractivity contribution in [1.82, 2.24) is 5.06 Å². The summed E-state index contributed by atoms with van der Waals surface area (Å²) in [6.07, 6.45) is -4.54. The molecule has 5 nitrogen and oxygen atoms in total. The van der Waals surface area contributed by atoms with Gasteiger partial charge in [0.1, 0.15) is 0 Å². The van der Waals surface area contributed by atoms with Gasteiger partial charge in [0.05, 0.1) is 18.2 Å². The van der Waals surface area contributed by atoms with Crippen LogP contribution in [0.15, 0.2) is 36.4 Å². The van der Waals surface area contributed by atoms with Crippen molar-refractivity contribution < 1.29 is 22.8 Å². The number of alkyl halides is 3. The monoisotopic (exact) mass is 311 g/mol. The Kier molecular flexibility index (Phi) is 4.05. The van der Waals surface area contributed by atoms with Crippen LogP contribution in [0.3, 0.4) is 0 Å². The van der Waals surface area contributed by atoms with E-state index in [-0.39, 0.29) is 16.3 Å². The number of nitrogens with two attached hydrogens (primary N) is 1. The summed E-state index contributed by atoms with van der Waals surface area (Å²) >= 11 is 0. The van der Waals surface area contributed by atoms with Crippen molar-refractivity contribution in [2.24, 2.45) is 5.73 Å². The Morgan fingerprint density at radius 3 is 2.32 bits per heavy atom. The van der Waals surface area contributed by atoms with Gasteiger partial charge in [0.15, 0.2) is 0 Å². The number of nitrogens with zero attached hydrogens (tertiary/aromatic N) is 1. The zero-order valence-electron chi connectivity index (χ0n) is 11.4. The molecule has 0 aromatic heterocycles. The Hall–Kier alpha value is -2.61. The summed E-state index contributed by atoms with van der Waals surface area (Å²) in [4.78, 5) is 17.0. The van der Waals surface area contributed by atoms with Crippen molar-refractivity contribution in [3.05, 3.63) is 47.5 Å². The van der Waals surface area contributed by atoms with Crippen molar-refractivity contribution in [2.75, 3.05) is 7.11 Å². The summed E-state index contributed by atoms with van der Waals surface area (Å²) in [5.41, 5.74) is 4.33. The van der Waals surface area contributed by atoms with Crippen molar-refractivity contribution in [1.29, 1.82) is 5.41 Å². The van der Waals surface area contributed by atoms with Gasteiger partial charge in [0, 0.05) is 0 Å². The molecule has 2 rings (SSSR count). The molecule has 0 spiro atoms. The number of guanidine groups is 1. The molecular formula is C14H12F3N3O2. The van der Waals surface area contributed by atoms with Crippen LogP contribution in [0.4, 0.5) is 13.2 Å². The van der Waals surface area contributed by atoms with Crippen LogP contribution in [0.5, 0.6) is 0 Å². The molecule has 0 aliphatic rings. The first-order valence-corrected chi connectivity index (χ1v) is 6.09. The van der Waals surface area contributed by atoms with E-state index in [1.54, 1.807) is 0 Å². The lowest BCUT2D eigenvalue weighted by Gasteiger charge is -2.18. The molecule has 116 valence electrons. The highest BCUT2D eigenvalue weighted by molar-refractivity contribution is 6.11. The molecule has 0 radical (unpaired) electrons. The van der Waals surface area contributed by atoms with Crippen LogP contribution in [0.1, 0.15) is 15.9 Å². The number of carbonyl (C=O) groups is 1. The van der Waals surface area contributed by atoms with Crippen LogP contribution >= 0.6 is 0 Å². The summed E-state index contributed by atoms with van der Waals surface area (Å²) in [5, 5.41) is 7.75. The topological polar surface area (TPSA) is 79.4 Å². The fraction of sp³-hybridized carbons (Fsp3) is 0.143. The Balaban J connectivity index is 2.67. The molecule has 0 fully saturated rings. The largest absolute Gasteiger partial charge is 0.417 e. The number of fused-ring (bicyclic) bond motifs is 1. The van der Waals surface area contributed by atoms with Gasteiger partial charge in [-0.25, -0.2) is 0 Å². The van der Waals surface area contributed by atoms with Gasteiger partial charge in [-0.2, -0.15) is 18.2 Å². The van der Waals surface area contributed by atoms with Crippen LogP contribution in [0.2, 0.25) is 0 Å². The fourth-order valence-corrected chi connectivity index (χ4v) is 2.14.